The van der Waals surface area contributed by atoms with Crippen molar-refractivity contribution >= 4 is 29.1 Å². The molecule has 0 saturated heterocycles. The number of pyridine rings is 1. The summed E-state index contributed by atoms with van der Waals surface area (Å²) in [6.45, 7) is 18.7. The van der Waals surface area contributed by atoms with Gasteiger partial charge < -0.3 is 0 Å². The van der Waals surface area contributed by atoms with E-state index in [-0.39, 0.29) is 10.8 Å². The molecular weight excluding hydrogens is 628 g/mol. The minimum atomic E-state index is -1.66. The molecule has 5 nitrogen and oxygen atoms in total. The van der Waals surface area contributed by atoms with E-state index in [2.05, 4.69) is 86.0 Å². The van der Waals surface area contributed by atoms with Crippen LogP contribution < -0.4 is 0 Å². The summed E-state index contributed by atoms with van der Waals surface area (Å²) >= 11 is -1.66. The van der Waals surface area contributed by atoms with Crippen LogP contribution in [-0.2, 0) is 13.0 Å². The molecule has 212 valence electrons. The van der Waals surface area contributed by atoms with E-state index in [4.69, 9.17) is 44.3 Å². The van der Waals surface area contributed by atoms with Crippen molar-refractivity contribution in [2.45, 2.75) is 105 Å². The first-order valence-electron chi connectivity index (χ1n) is 13.5. The summed E-state index contributed by atoms with van der Waals surface area (Å²) in [5, 5.41) is 10.2. The van der Waals surface area contributed by atoms with Gasteiger partial charge in [0.05, 0.1) is 11.4 Å². The number of aromatic nitrogens is 5. The van der Waals surface area contributed by atoms with Crippen molar-refractivity contribution in [3.63, 3.8) is 0 Å². The molecule has 3 aromatic rings. The molecule has 0 bridgehead atoms. The zero-order valence-electron chi connectivity index (χ0n) is 23.7. The first kappa shape index (κ1) is 30.0. The molecule has 5 rings (SSSR count). The fraction of sp³-hybridized carbons (Fsp3) is 0.621. The molecule has 0 N–H and O–H groups in total. The Morgan fingerprint density at radius 1 is 0.711 bits per heavy atom. The molecule has 2 aliphatic rings. The SMILES string of the molecule is C[C@@H]1CC[C@@H](C(C)(C)C)c2nn(-c3cccc(-n4cc5c(n4)[C@H](C(C)(C)C)CC[C@H]5C)n3)cc21.[Cl][Rh]([Cl])[Cl]. The molecule has 0 unspecified atom stereocenters. The second-order valence-electron chi connectivity index (χ2n) is 13.1. The van der Waals surface area contributed by atoms with Crippen molar-refractivity contribution in [2.75, 3.05) is 0 Å². The summed E-state index contributed by atoms with van der Waals surface area (Å²) in [6.07, 6.45) is 9.29. The Labute approximate surface area is 245 Å². The Morgan fingerprint density at radius 3 is 1.42 bits per heavy atom. The van der Waals surface area contributed by atoms with E-state index in [1.54, 1.807) is 0 Å². The third-order valence-corrected chi connectivity index (χ3v) is 8.32. The van der Waals surface area contributed by atoms with Gasteiger partial charge in [0.1, 0.15) is 0 Å². The molecule has 0 saturated carbocycles. The van der Waals surface area contributed by atoms with Gasteiger partial charge in [0.2, 0.25) is 0 Å². The third-order valence-electron chi connectivity index (χ3n) is 8.32. The van der Waals surface area contributed by atoms with Crippen LogP contribution in [-0.4, -0.2) is 24.5 Å². The normalized spacial score (nSPS) is 23.7. The molecule has 38 heavy (non-hydrogen) atoms. The number of hydrogen-bond donors (Lipinski definition) is 0. The molecular formula is C29H41Cl3N5Rh. The Bertz CT molecular complexity index is 1160. The molecule has 0 radical (unpaired) electrons. The van der Waals surface area contributed by atoms with Crippen LogP contribution in [0.25, 0.3) is 11.6 Å². The van der Waals surface area contributed by atoms with Crippen LogP contribution in [0.2, 0.25) is 0 Å². The van der Waals surface area contributed by atoms with Crippen LogP contribution in [0, 0.1) is 10.8 Å². The standard InChI is InChI=1S/C29H41N5.3ClH.Rh/c1-18-12-14-22(28(3,4)5)26-20(18)16-33(31-26)24-10-9-11-25(30-24)34-17-21-19(2)13-15-23(27(21)32-34)29(6,7)8;;;;/h9-11,16-19,22-23H,12-15H2,1-8H3;3*1H;/q;;;;+3/p-3/t18-,19-,22-,23-;;;;/m1..../s1. The summed E-state index contributed by atoms with van der Waals surface area (Å²) < 4.78 is 4.00. The summed E-state index contributed by atoms with van der Waals surface area (Å²) in [5.41, 5.74) is 5.70. The van der Waals surface area contributed by atoms with E-state index >= 15 is 0 Å². The van der Waals surface area contributed by atoms with Gasteiger partial charge in [-0.25, -0.2) is 14.3 Å². The van der Waals surface area contributed by atoms with Gasteiger partial charge in [0.15, 0.2) is 11.6 Å². The van der Waals surface area contributed by atoms with Crippen molar-refractivity contribution in [1.82, 2.24) is 24.5 Å². The minimum absolute atomic E-state index is 0.206. The van der Waals surface area contributed by atoms with Gasteiger partial charge in [-0.05, 0) is 71.6 Å². The number of hydrogen-bond acceptors (Lipinski definition) is 3. The van der Waals surface area contributed by atoms with Gasteiger partial charge >= 0.3 is 42.1 Å². The summed E-state index contributed by atoms with van der Waals surface area (Å²) in [4.78, 5) is 5.03. The van der Waals surface area contributed by atoms with Crippen LogP contribution >= 0.6 is 29.1 Å². The quantitative estimate of drug-likeness (QED) is 0.256. The number of halogens is 3. The molecule has 0 amide bonds. The fourth-order valence-corrected chi connectivity index (χ4v) is 6.11. The van der Waals surface area contributed by atoms with Gasteiger partial charge in [-0.1, -0.05) is 61.5 Å². The van der Waals surface area contributed by atoms with Gasteiger partial charge in [-0.15, -0.1) is 0 Å². The van der Waals surface area contributed by atoms with Gasteiger partial charge in [-0.2, -0.15) is 10.2 Å². The molecule has 0 aromatic carbocycles. The summed E-state index contributed by atoms with van der Waals surface area (Å²) in [5.74, 6) is 3.77. The first-order valence-corrected chi connectivity index (χ1v) is 19.8. The second kappa shape index (κ2) is 11.5. The Morgan fingerprint density at radius 2 is 1.08 bits per heavy atom. The van der Waals surface area contributed by atoms with Gasteiger partial charge in [0.25, 0.3) is 0 Å². The van der Waals surface area contributed by atoms with Crippen molar-refractivity contribution < 1.29 is 13.0 Å². The van der Waals surface area contributed by atoms with Gasteiger partial charge in [-0.3, -0.25) is 0 Å². The monoisotopic (exact) mass is 667 g/mol. The Balaban J connectivity index is 0.000000786. The molecule has 0 fully saturated rings. The van der Waals surface area contributed by atoms with Crippen LogP contribution in [0.15, 0.2) is 30.6 Å². The average molecular weight is 669 g/mol. The van der Waals surface area contributed by atoms with E-state index in [0.717, 1.165) is 11.6 Å². The summed E-state index contributed by atoms with van der Waals surface area (Å²) in [6, 6.07) is 6.19. The van der Waals surface area contributed by atoms with E-state index < -0.39 is 13.0 Å². The second-order valence-corrected chi connectivity index (χ2v) is 20.6. The number of nitrogens with zero attached hydrogens (tertiary/aromatic N) is 5. The summed E-state index contributed by atoms with van der Waals surface area (Å²) in [7, 11) is 14.8. The first-order chi connectivity index (χ1) is 17.7. The Hall–Kier alpha value is -0.937. The van der Waals surface area contributed by atoms with Crippen LogP contribution in [0.5, 0.6) is 0 Å². The molecule has 9 heteroatoms. The molecule has 2 aliphatic carbocycles. The van der Waals surface area contributed by atoms with Crippen LogP contribution in [0.3, 0.4) is 0 Å². The third kappa shape index (κ3) is 6.51. The predicted octanol–water partition coefficient (Wildman–Crippen LogP) is 9.57. The van der Waals surface area contributed by atoms with Gasteiger partial charge in [0, 0.05) is 24.2 Å². The van der Waals surface area contributed by atoms with E-state index in [9.17, 15) is 0 Å². The Kier molecular flexibility index (Phi) is 9.10. The van der Waals surface area contributed by atoms with Crippen molar-refractivity contribution in [3.8, 4) is 11.6 Å². The number of fused-ring (bicyclic) bond motifs is 2. The van der Waals surface area contributed by atoms with Crippen LogP contribution in [0.4, 0.5) is 0 Å². The molecule has 0 aliphatic heterocycles. The van der Waals surface area contributed by atoms with Crippen molar-refractivity contribution in [3.05, 3.63) is 53.1 Å². The zero-order valence-corrected chi connectivity index (χ0v) is 27.6. The van der Waals surface area contributed by atoms with E-state index in [1.807, 2.05) is 9.36 Å². The zero-order chi connectivity index (χ0) is 28.0. The van der Waals surface area contributed by atoms with E-state index in [1.165, 1.54) is 48.2 Å². The van der Waals surface area contributed by atoms with Crippen molar-refractivity contribution in [2.24, 2.45) is 10.8 Å². The van der Waals surface area contributed by atoms with E-state index in [0.29, 0.717) is 23.7 Å². The maximum absolute atomic E-state index is 5.10. The maximum atomic E-state index is 5.10. The van der Waals surface area contributed by atoms with Crippen LogP contribution in [0.1, 0.15) is 127 Å². The fourth-order valence-electron chi connectivity index (χ4n) is 6.11. The molecule has 3 aromatic heterocycles. The average Bonchev–Trinajstić information content (AvgIpc) is 3.44. The topological polar surface area (TPSA) is 48.5 Å². The molecule has 4 atom stereocenters. The molecule has 0 spiro atoms. The molecule has 3 heterocycles. The predicted molar refractivity (Wildman–Crippen MR) is 156 cm³/mol. The number of rotatable bonds is 2. The van der Waals surface area contributed by atoms with Crippen molar-refractivity contribution in [1.29, 1.82) is 0 Å².